The molecule has 1 aliphatic heterocycles. The van der Waals surface area contributed by atoms with Crippen LogP contribution in [0.1, 0.15) is 40.3 Å². The molecule has 2 heterocycles. The molecule has 0 bridgehead atoms. The minimum atomic E-state index is -0.926. The molecule has 0 aliphatic carbocycles. The summed E-state index contributed by atoms with van der Waals surface area (Å²) in [7, 11) is 0. The molecule has 0 saturated heterocycles. The molecule has 1 unspecified atom stereocenters. The number of hydrogen-bond acceptors (Lipinski definition) is 4. The van der Waals surface area contributed by atoms with E-state index in [4.69, 9.17) is 17.0 Å². The predicted octanol–water partition coefficient (Wildman–Crippen LogP) is 2.79. The normalized spacial score (nSPS) is 14.6. The molecule has 0 spiro atoms. The van der Waals surface area contributed by atoms with Crippen LogP contribution >= 0.6 is 12.2 Å². The largest absolute Gasteiger partial charge is 1.00 e. The molecule has 3 nitrogen and oxygen atoms in total. The van der Waals surface area contributed by atoms with Gasteiger partial charge in [-0.15, -0.1) is 12.2 Å². The van der Waals surface area contributed by atoms with Gasteiger partial charge in [0.2, 0.25) is 0 Å². The number of halogens is 2. The Hall–Kier alpha value is -2.64. The van der Waals surface area contributed by atoms with Crippen LogP contribution in [0.3, 0.4) is 0 Å². The first-order valence-corrected chi connectivity index (χ1v) is 10.9. The molecule has 0 saturated carbocycles. The average Bonchev–Trinajstić information content (AvgIpc) is 2.95. The van der Waals surface area contributed by atoms with Crippen molar-refractivity contribution in [1.82, 2.24) is 4.98 Å². The quantitative estimate of drug-likeness (QED) is 0.332. The van der Waals surface area contributed by atoms with Crippen LogP contribution in [0.15, 0.2) is 66.7 Å². The zero-order chi connectivity index (χ0) is 22.9. The molecular formula is C27H18F2NNaO2S. The molecule has 164 valence electrons. The van der Waals surface area contributed by atoms with Crippen LogP contribution in [0.4, 0.5) is 8.78 Å². The zero-order valence-electron chi connectivity index (χ0n) is 18.4. The van der Waals surface area contributed by atoms with Gasteiger partial charge >= 0.3 is 29.6 Å². The molecule has 0 amide bonds. The minimum Gasteiger partial charge on any atom is -0.867 e. The van der Waals surface area contributed by atoms with E-state index < -0.39 is 11.6 Å². The summed E-state index contributed by atoms with van der Waals surface area (Å²) in [6.45, 7) is 0.429. The van der Waals surface area contributed by atoms with Crippen LogP contribution in [-0.2, 0) is 6.61 Å². The fourth-order valence-electron chi connectivity index (χ4n) is 4.20. The van der Waals surface area contributed by atoms with Gasteiger partial charge in [0.1, 0.15) is 12.4 Å². The monoisotopic (exact) mass is 481 g/mol. The van der Waals surface area contributed by atoms with Gasteiger partial charge in [0.25, 0.3) is 0 Å². The van der Waals surface area contributed by atoms with E-state index >= 15 is 0 Å². The Kier molecular flexibility index (Phi) is 7.43. The molecule has 34 heavy (non-hydrogen) atoms. The first-order chi connectivity index (χ1) is 16.0. The molecule has 0 N–H and O–H groups in total. The van der Waals surface area contributed by atoms with Gasteiger partial charge in [0.15, 0.2) is 11.6 Å². The predicted molar refractivity (Wildman–Crippen MR) is 127 cm³/mol. The third-order valence-corrected chi connectivity index (χ3v) is 5.96. The molecule has 1 aromatic heterocycles. The van der Waals surface area contributed by atoms with Crippen molar-refractivity contribution < 1.29 is 48.2 Å². The van der Waals surface area contributed by atoms with E-state index in [0.29, 0.717) is 23.2 Å². The van der Waals surface area contributed by atoms with Gasteiger partial charge in [-0.1, -0.05) is 47.5 Å². The second-order valence-electron chi connectivity index (χ2n) is 7.94. The SMILES string of the molecule is [Na+].[O-]C(=S)CC1c2ccccc2COc2ccc(/C=C/c3ccc4cc(F)c(F)cc4n3)cc21. The number of hydrogen-bond donors (Lipinski definition) is 0. The Morgan fingerprint density at radius 2 is 1.79 bits per heavy atom. The van der Waals surface area contributed by atoms with Crippen molar-refractivity contribution in [3.05, 3.63) is 106 Å². The Balaban J connectivity index is 0.00000274. The summed E-state index contributed by atoms with van der Waals surface area (Å²) in [6.07, 6.45) is 3.91. The number of benzene rings is 3. The van der Waals surface area contributed by atoms with Crippen molar-refractivity contribution in [2.75, 3.05) is 0 Å². The number of pyridine rings is 1. The van der Waals surface area contributed by atoms with E-state index in [0.717, 1.165) is 40.1 Å². The summed E-state index contributed by atoms with van der Waals surface area (Å²) >= 11 is 4.91. The van der Waals surface area contributed by atoms with Crippen LogP contribution in [0.5, 0.6) is 5.75 Å². The third kappa shape index (κ3) is 5.05. The van der Waals surface area contributed by atoms with Crippen LogP contribution in [-0.4, -0.2) is 10.0 Å². The number of nitrogens with zero attached hydrogens (tertiary/aromatic N) is 1. The van der Waals surface area contributed by atoms with Crippen LogP contribution in [0, 0.1) is 11.6 Å². The van der Waals surface area contributed by atoms with Crippen LogP contribution < -0.4 is 39.4 Å². The maximum absolute atomic E-state index is 13.6. The van der Waals surface area contributed by atoms with Gasteiger partial charge in [-0.25, -0.2) is 13.8 Å². The standard InChI is InChI=1S/C27H19F2NO2S.Na/c28-23-12-17-7-9-19(30-25(17)14-24(23)29)8-5-16-6-10-26-22(11-16)21(13-27(31)33)20-4-2-1-3-18(20)15-32-26;/h1-12,14,21H,13,15H2,(H,31,33);/q;+1/p-1/b8-5+;. The topological polar surface area (TPSA) is 45.2 Å². The Morgan fingerprint density at radius 1 is 1.00 bits per heavy atom. The summed E-state index contributed by atoms with van der Waals surface area (Å²) in [5.74, 6) is -1.28. The molecular weight excluding hydrogens is 463 g/mol. The second kappa shape index (κ2) is 10.3. The van der Waals surface area contributed by atoms with Crippen molar-refractivity contribution in [3.8, 4) is 5.75 Å². The molecule has 5 rings (SSSR count). The first kappa shape index (κ1) is 24.5. The summed E-state index contributed by atoms with van der Waals surface area (Å²) in [6, 6.07) is 19.4. The smallest absolute Gasteiger partial charge is 0.867 e. The molecule has 1 atom stereocenters. The Morgan fingerprint density at radius 3 is 2.62 bits per heavy atom. The molecule has 0 radical (unpaired) electrons. The summed E-state index contributed by atoms with van der Waals surface area (Å²) < 4.78 is 33.0. The number of thiocarbonyl (C=S) groups is 1. The van der Waals surface area contributed by atoms with Gasteiger partial charge in [0.05, 0.1) is 11.2 Å². The number of aromatic nitrogens is 1. The van der Waals surface area contributed by atoms with Crippen molar-refractivity contribution in [2.45, 2.75) is 18.9 Å². The van der Waals surface area contributed by atoms with Crippen molar-refractivity contribution in [1.29, 1.82) is 0 Å². The maximum atomic E-state index is 13.6. The van der Waals surface area contributed by atoms with E-state index in [9.17, 15) is 13.9 Å². The van der Waals surface area contributed by atoms with Gasteiger partial charge in [-0.3, -0.25) is 0 Å². The van der Waals surface area contributed by atoms with Gasteiger partial charge in [0, 0.05) is 22.9 Å². The number of ether oxygens (including phenoxy) is 1. The fourth-order valence-corrected chi connectivity index (χ4v) is 4.36. The Labute approximate surface area is 223 Å². The first-order valence-electron chi connectivity index (χ1n) is 10.5. The van der Waals surface area contributed by atoms with Crippen molar-refractivity contribution in [3.63, 3.8) is 0 Å². The maximum Gasteiger partial charge on any atom is 1.00 e. The minimum absolute atomic E-state index is 0. The zero-order valence-corrected chi connectivity index (χ0v) is 21.2. The molecule has 4 aromatic rings. The third-order valence-electron chi connectivity index (χ3n) is 5.79. The molecule has 7 heteroatoms. The van der Waals surface area contributed by atoms with E-state index in [1.54, 1.807) is 18.2 Å². The summed E-state index contributed by atoms with van der Waals surface area (Å²) in [5.41, 5.74) is 4.88. The average molecular weight is 481 g/mol. The molecule has 3 aromatic carbocycles. The van der Waals surface area contributed by atoms with E-state index in [1.165, 1.54) is 0 Å². The van der Waals surface area contributed by atoms with Gasteiger partial charge < -0.3 is 9.84 Å². The van der Waals surface area contributed by atoms with Crippen molar-refractivity contribution >= 4 is 40.3 Å². The number of fused-ring (bicyclic) bond motifs is 3. The summed E-state index contributed by atoms with van der Waals surface area (Å²) in [5, 5.41) is 12.1. The van der Waals surface area contributed by atoms with Crippen LogP contribution in [0.2, 0.25) is 0 Å². The van der Waals surface area contributed by atoms with E-state index in [2.05, 4.69) is 4.98 Å². The number of rotatable bonds is 4. The van der Waals surface area contributed by atoms with E-state index in [1.807, 2.05) is 48.5 Å². The molecule has 0 fully saturated rings. The van der Waals surface area contributed by atoms with Crippen molar-refractivity contribution in [2.24, 2.45) is 0 Å². The second-order valence-corrected chi connectivity index (χ2v) is 8.40. The molecule has 1 aliphatic rings. The van der Waals surface area contributed by atoms with Crippen LogP contribution in [0.25, 0.3) is 23.1 Å². The van der Waals surface area contributed by atoms with Gasteiger partial charge in [-0.05, 0) is 53.5 Å². The fraction of sp³-hybridized carbons (Fsp3) is 0.111. The van der Waals surface area contributed by atoms with E-state index in [-0.39, 0.29) is 46.9 Å². The van der Waals surface area contributed by atoms with Gasteiger partial charge in [-0.2, -0.15) is 0 Å². The summed E-state index contributed by atoms with van der Waals surface area (Å²) in [4.78, 5) is 4.40. The Bertz CT molecular complexity index is 1420.